The van der Waals surface area contributed by atoms with Gasteiger partial charge in [0, 0.05) is 13.2 Å². The fourth-order valence-electron chi connectivity index (χ4n) is 3.45. The van der Waals surface area contributed by atoms with Crippen molar-refractivity contribution in [3.63, 3.8) is 0 Å². The molecule has 4 N–H and O–H groups in total. The van der Waals surface area contributed by atoms with Crippen LogP contribution in [0.3, 0.4) is 0 Å². The van der Waals surface area contributed by atoms with Gasteiger partial charge in [-0.05, 0) is 49.4 Å². The number of hydrogen-bond acceptors (Lipinski definition) is 2. The molecule has 0 saturated carbocycles. The Labute approximate surface area is 231 Å². The van der Waals surface area contributed by atoms with Gasteiger partial charge in [-0.2, -0.15) is 0 Å². The first-order valence-corrected chi connectivity index (χ1v) is 16.8. The number of benzene rings is 4. The van der Waals surface area contributed by atoms with Crippen molar-refractivity contribution in [2.45, 2.75) is 0 Å². The van der Waals surface area contributed by atoms with Gasteiger partial charge in [0.15, 0.2) is 0 Å². The molecule has 36 heavy (non-hydrogen) atoms. The van der Waals surface area contributed by atoms with Crippen LogP contribution < -0.4 is 21.2 Å². The van der Waals surface area contributed by atoms with Gasteiger partial charge in [0.1, 0.15) is 0 Å². The maximum atomic E-state index is 9.18. The van der Waals surface area contributed by atoms with E-state index in [1.165, 1.54) is 21.2 Å². The molecule has 196 valence electrons. The molecule has 0 unspecified atom stereocenters. The van der Waals surface area contributed by atoms with Crippen LogP contribution in [0.5, 0.6) is 0 Å². The summed E-state index contributed by atoms with van der Waals surface area (Å²) < 4.78 is 0. The quantitative estimate of drug-likeness (QED) is 0.224. The van der Waals surface area contributed by atoms with E-state index in [9.17, 15) is 10.2 Å². The molecular formula is C28H32Cl2NiO3P2. The molecule has 0 aliphatic rings. The Morgan fingerprint density at radius 1 is 0.472 bits per heavy atom. The third-order valence-corrected chi connectivity index (χ3v) is 9.90. The van der Waals surface area contributed by atoms with Gasteiger partial charge >= 0.3 is 33.0 Å². The van der Waals surface area contributed by atoms with Crippen LogP contribution in [0.2, 0.25) is 0 Å². The van der Waals surface area contributed by atoms with E-state index in [4.69, 9.17) is 20.4 Å². The van der Waals surface area contributed by atoms with Gasteiger partial charge in [0.05, 0.1) is 0 Å². The molecule has 0 spiro atoms. The number of rotatable bonds is 8. The van der Waals surface area contributed by atoms with E-state index < -0.39 is 15.8 Å². The zero-order chi connectivity index (χ0) is 25.1. The summed E-state index contributed by atoms with van der Waals surface area (Å²) in [7, 11) is 8.60. The van der Waals surface area contributed by atoms with Crippen molar-refractivity contribution >= 4 is 57.4 Å². The standard InChI is InChI=1S/2C14H15OP.2ClH.Ni.H2O/c2*15-11-12-16(13-7-3-1-4-8-13)14-9-5-2-6-10-14;;;;/h2*1-10,15H,11-12H2;2*1H;;1H2/q;;;;+2;/p-2. The molecule has 0 heterocycles. The summed E-state index contributed by atoms with van der Waals surface area (Å²) >= 11 is 0.569. The molecule has 0 atom stereocenters. The summed E-state index contributed by atoms with van der Waals surface area (Å²) in [6, 6.07) is 41.8. The molecule has 0 saturated heterocycles. The molecule has 0 radical (unpaired) electrons. The van der Waals surface area contributed by atoms with E-state index in [0.717, 1.165) is 12.3 Å². The van der Waals surface area contributed by atoms with E-state index in [-0.39, 0.29) is 18.7 Å². The van der Waals surface area contributed by atoms with Crippen LogP contribution in [-0.2, 0) is 12.7 Å². The van der Waals surface area contributed by atoms with Gasteiger partial charge in [-0.3, -0.25) is 0 Å². The molecule has 3 nitrogen and oxygen atoms in total. The molecule has 4 aromatic carbocycles. The topological polar surface area (TPSA) is 72.0 Å². The first kappa shape index (κ1) is 32.7. The summed E-state index contributed by atoms with van der Waals surface area (Å²) in [4.78, 5) is 0. The van der Waals surface area contributed by atoms with E-state index in [1.807, 2.05) is 24.3 Å². The fraction of sp³-hybridized carbons (Fsp3) is 0.143. The Morgan fingerprint density at radius 2 is 0.667 bits per heavy atom. The van der Waals surface area contributed by atoms with Gasteiger partial charge in [0.25, 0.3) is 0 Å². The van der Waals surface area contributed by atoms with Crippen molar-refractivity contribution in [3.05, 3.63) is 121 Å². The van der Waals surface area contributed by atoms with E-state index in [2.05, 4.69) is 97.1 Å². The predicted molar refractivity (Wildman–Crippen MR) is 157 cm³/mol. The van der Waals surface area contributed by atoms with Gasteiger partial charge in [0.2, 0.25) is 0 Å². The van der Waals surface area contributed by atoms with Crippen molar-refractivity contribution in [1.29, 1.82) is 0 Å². The van der Waals surface area contributed by atoms with E-state index in [0.29, 0.717) is 12.7 Å². The molecule has 0 bridgehead atoms. The molecule has 0 aliphatic carbocycles. The second kappa shape index (κ2) is 20.7. The number of halogens is 2. The monoisotopic (exact) mass is 606 g/mol. The molecule has 4 aromatic rings. The second-order valence-electron chi connectivity index (χ2n) is 7.14. The first-order valence-electron chi connectivity index (χ1n) is 11.0. The van der Waals surface area contributed by atoms with Crippen LogP contribution in [0.25, 0.3) is 0 Å². The molecule has 0 amide bonds. The van der Waals surface area contributed by atoms with Gasteiger partial charge in [-0.25, -0.2) is 0 Å². The zero-order valence-corrected chi connectivity index (χ0v) is 24.0. The van der Waals surface area contributed by atoms with Crippen LogP contribution in [0.1, 0.15) is 0 Å². The van der Waals surface area contributed by atoms with Crippen LogP contribution in [-0.4, -0.2) is 41.2 Å². The summed E-state index contributed by atoms with van der Waals surface area (Å²) in [6.07, 6.45) is 1.67. The Bertz CT molecular complexity index is 870. The Kier molecular flexibility index (Phi) is 18.8. The van der Waals surface area contributed by atoms with Crippen LogP contribution >= 0.6 is 36.2 Å². The van der Waals surface area contributed by atoms with E-state index in [1.54, 1.807) is 0 Å². The van der Waals surface area contributed by atoms with Gasteiger partial charge < -0.3 is 15.7 Å². The summed E-state index contributed by atoms with van der Waals surface area (Å²) in [5, 5.41) is 23.7. The molecule has 4 rings (SSSR count). The van der Waals surface area contributed by atoms with Crippen LogP contribution in [0, 0.1) is 0 Å². The average molecular weight is 608 g/mol. The Hall–Kier alpha value is -1.31. The van der Waals surface area contributed by atoms with Gasteiger partial charge in [-0.15, -0.1) is 0 Å². The van der Waals surface area contributed by atoms with Crippen molar-refractivity contribution < 1.29 is 28.3 Å². The molecule has 0 aromatic heterocycles. The molecule has 0 aliphatic heterocycles. The number of aliphatic hydroxyl groups is 2. The SMILES string of the molecule is O.OCCP(c1ccccc1)c1ccccc1.OCCP(c1ccccc1)c1ccccc1.[Cl][Ni][Cl]. The minimum absolute atomic E-state index is 0. The van der Waals surface area contributed by atoms with Gasteiger partial charge in [-0.1, -0.05) is 121 Å². The average Bonchev–Trinajstić information content (AvgIpc) is 2.93. The maximum absolute atomic E-state index is 9.18. The fourth-order valence-corrected chi connectivity index (χ4v) is 7.60. The molecular weight excluding hydrogens is 576 g/mol. The van der Waals surface area contributed by atoms with Crippen molar-refractivity contribution in [1.82, 2.24) is 0 Å². The van der Waals surface area contributed by atoms with Crippen molar-refractivity contribution in [2.24, 2.45) is 0 Å². The minimum atomic E-state index is -0.401. The Balaban J connectivity index is 0.000000317. The van der Waals surface area contributed by atoms with Crippen LogP contribution in [0.4, 0.5) is 0 Å². The number of aliphatic hydroxyl groups excluding tert-OH is 2. The summed E-state index contributed by atoms with van der Waals surface area (Å²) in [5.41, 5.74) is 0. The Morgan fingerprint density at radius 3 is 0.833 bits per heavy atom. The second-order valence-corrected chi connectivity index (χ2v) is 13.4. The molecule has 0 fully saturated rings. The zero-order valence-electron chi connectivity index (χ0n) is 19.7. The third kappa shape index (κ3) is 11.8. The summed E-state index contributed by atoms with van der Waals surface area (Å²) in [5.74, 6) is 0. The normalized spacial score (nSPS) is 10.1. The van der Waals surface area contributed by atoms with Crippen molar-refractivity contribution in [3.8, 4) is 0 Å². The first-order chi connectivity index (χ1) is 17.2. The van der Waals surface area contributed by atoms with Crippen LogP contribution in [0.15, 0.2) is 121 Å². The van der Waals surface area contributed by atoms with Crippen molar-refractivity contribution in [2.75, 3.05) is 25.5 Å². The predicted octanol–water partition coefficient (Wildman–Crippen LogP) is 4.78. The summed E-state index contributed by atoms with van der Waals surface area (Å²) in [6.45, 7) is 0.491. The molecule has 8 heteroatoms. The van der Waals surface area contributed by atoms with E-state index >= 15 is 0 Å². The number of hydrogen-bond donors (Lipinski definition) is 2. The third-order valence-electron chi connectivity index (χ3n) is 4.92.